The van der Waals surface area contributed by atoms with E-state index >= 15 is 0 Å². The molecule has 0 saturated carbocycles. The molecule has 0 amide bonds. The van der Waals surface area contributed by atoms with Crippen molar-refractivity contribution in [2.75, 3.05) is 5.32 Å². The van der Waals surface area contributed by atoms with Crippen molar-refractivity contribution in [2.24, 2.45) is 0 Å². The van der Waals surface area contributed by atoms with Crippen molar-refractivity contribution in [1.29, 1.82) is 0 Å². The number of fused-ring (bicyclic) bond motifs is 1. The molecule has 0 spiro atoms. The Bertz CT molecular complexity index is 842. The molecule has 100 valence electrons. The van der Waals surface area contributed by atoms with Crippen LogP contribution in [-0.2, 0) is 0 Å². The summed E-state index contributed by atoms with van der Waals surface area (Å²) in [5, 5.41) is 3.70. The van der Waals surface area contributed by atoms with E-state index in [9.17, 15) is 4.79 Å². The summed E-state index contributed by atoms with van der Waals surface area (Å²) in [5.74, 6) is 0.429. The summed E-state index contributed by atoms with van der Waals surface area (Å²) in [4.78, 5) is 19.1. The van der Waals surface area contributed by atoms with Gasteiger partial charge in [0.2, 0.25) is 5.95 Å². The predicted octanol–water partition coefficient (Wildman–Crippen LogP) is 3.74. The molecule has 0 fully saturated rings. The summed E-state index contributed by atoms with van der Waals surface area (Å²) in [6.07, 6.45) is 0. The number of rotatable bonds is 2. The highest BCUT2D eigenvalue weighted by atomic mass is 79.9. The van der Waals surface area contributed by atoms with Gasteiger partial charge in [-0.25, -0.2) is 4.98 Å². The van der Waals surface area contributed by atoms with E-state index in [2.05, 4.69) is 31.2 Å². The highest BCUT2D eigenvalue weighted by Gasteiger charge is 2.05. The van der Waals surface area contributed by atoms with Crippen molar-refractivity contribution >= 4 is 38.5 Å². The van der Waals surface area contributed by atoms with Crippen molar-refractivity contribution in [2.45, 2.75) is 6.92 Å². The van der Waals surface area contributed by atoms with Crippen LogP contribution in [0.15, 0.2) is 51.7 Å². The standard InChI is InChI=1S/C15H12BrN3O/c1-9-6-7-13(11(16)8-9)18-15-17-12-5-3-2-4-10(12)14(20)19-15/h2-8H,1H3,(H2,17,18,19,20). The number of aryl methyl sites for hydroxylation is 1. The number of anilines is 2. The molecule has 1 heterocycles. The zero-order valence-corrected chi connectivity index (χ0v) is 12.4. The Morgan fingerprint density at radius 2 is 2.00 bits per heavy atom. The Morgan fingerprint density at radius 1 is 1.20 bits per heavy atom. The largest absolute Gasteiger partial charge is 0.325 e. The summed E-state index contributed by atoms with van der Waals surface area (Å²) < 4.78 is 0.924. The molecule has 0 radical (unpaired) electrons. The Morgan fingerprint density at radius 3 is 2.80 bits per heavy atom. The highest BCUT2D eigenvalue weighted by Crippen LogP contribution is 2.25. The fourth-order valence-electron chi connectivity index (χ4n) is 1.99. The number of hydrogen-bond acceptors (Lipinski definition) is 3. The van der Waals surface area contributed by atoms with Crippen LogP contribution in [0.2, 0.25) is 0 Å². The van der Waals surface area contributed by atoms with E-state index in [1.165, 1.54) is 0 Å². The van der Waals surface area contributed by atoms with Gasteiger partial charge >= 0.3 is 0 Å². The third-order valence-electron chi connectivity index (χ3n) is 2.99. The van der Waals surface area contributed by atoms with E-state index in [-0.39, 0.29) is 5.56 Å². The SMILES string of the molecule is Cc1ccc(Nc2nc3ccccc3c(=O)[nH]2)c(Br)c1. The van der Waals surface area contributed by atoms with Gasteiger partial charge in [-0.3, -0.25) is 9.78 Å². The highest BCUT2D eigenvalue weighted by molar-refractivity contribution is 9.10. The van der Waals surface area contributed by atoms with Gasteiger partial charge in [0.05, 0.1) is 16.6 Å². The van der Waals surface area contributed by atoms with Crippen molar-refractivity contribution in [3.05, 3.63) is 62.9 Å². The molecule has 4 nitrogen and oxygen atoms in total. The number of nitrogens with zero attached hydrogens (tertiary/aromatic N) is 1. The van der Waals surface area contributed by atoms with Gasteiger partial charge in [0.1, 0.15) is 0 Å². The first kappa shape index (κ1) is 12.9. The summed E-state index contributed by atoms with van der Waals surface area (Å²) in [5.41, 5.74) is 2.53. The van der Waals surface area contributed by atoms with Crippen LogP contribution in [-0.4, -0.2) is 9.97 Å². The second-order valence-electron chi connectivity index (χ2n) is 4.54. The van der Waals surface area contributed by atoms with Gasteiger partial charge in [-0.05, 0) is 52.7 Å². The molecule has 3 rings (SSSR count). The van der Waals surface area contributed by atoms with Crippen LogP contribution in [0.3, 0.4) is 0 Å². The molecule has 0 unspecified atom stereocenters. The Balaban J connectivity index is 2.05. The van der Waals surface area contributed by atoms with E-state index in [0.29, 0.717) is 16.9 Å². The van der Waals surface area contributed by atoms with Gasteiger partial charge in [0.25, 0.3) is 5.56 Å². The van der Waals surface area contributed by atoms with Crippen LogP contribution < -0.4 is 10.9 Å². The van der Waals surface area contributed by atoms with Gasteiger partial charge < -0.3 is 5.32 Å². The lowest BCUT2D eigenvalue weighted by Gasteiger charge is -2.08. The molecule has 0 aliphatic rings. The average molecular weight is 330 g/mol. The number of para-hydroxylation sites is 1. The fraction of sp³-hybridized carbons (Fsp3) is 0.0667. The van der Waals surface area contributed by atoms with E-state index in [4.69, 9.17) is 0 Å². The minimum Gasteiger partial charge on any atom is -0.325 e. The van der Waals surface area contributed by atoms with Gasteiger partial charge in [0.15, 0.2) is 0 Å². The number of halogens is 1. The van der Waals surface area contributed by atoms with E-state index in [0.717, 1.165) is 15.7 Å². The number of aromatic nitrogens is 2. The molecule has 3 aromatic rings. The number of nitrogens with one attached hydrogen (secondary N) is 2. The second-order valence-corrected chi connectivity index (χ2v) is 5.39. The average Bonchev–Trinajstić information content (AvgIpc) is 2.42. The minimum atomic E-state index is -0.152. The molecule has 0 aliphatic carbocycles. The molecule has 1 aromatic heterocycles. The van der Waals surface area contributed by atoms with Gasteiger partial charge in [-0.1, -0.05) is 18.2 Å². The first-order valence-corrected chi connectivity index (χ1v) is 6.95. The molecule has 0 bridgehead atoms. The zero-order valence-electron chi connectivity index (χ0n) is 10.8. The van der Waals surface area contributed by atoms with Crippen LogP contribution in [0, 0.1) is 6.92 Å². The molecule has 2 N–H and O–H groups in total. The zero-order chi connectivity index (χ0) is 14.1. The van der Waals surface area contributed by atoms with E-state index < -0.39 is 0 Å². The number of hydrogen-bond donors (Lipinski definition) is 2. The van der Waals surface area contributed by atoms with Crippen LogP contribution in [0.5, 0.6) is 0 Å². The third-order valence-corrected chi connectivity index (χ3v) is 3.65. The van der Waals surface area contributed by atoms with E-state index in [1.54, 1.807) is 6.07 Å². The third kappa shape index (κ3) is 2.44. The van der Waals surface area contributed by atoms with Crippen molar-refractivity contribution in [3.63, 3.8) is 0 Å². The van der Waals surface area contributed by atoms with Crippen molar-refractivity contribution < 1.29 is 0 Å². The smallest absolute Gasteiger partial charge is 0.260 e. The lowest BCUT2D eigenvalue weighted by Crippen LogP contribution is -2.11. The lowest BCUT2D eigenvalue weighted by molar-refractivity contribution is 1.17. The second kappa shape index (κ2) is 5.09. The fourth-order valence-corrected chi connectivity index (χ4v) is 2.59. The maximum atomic E-state index is 12.0. The van der Waals surface area contributed by atoms with Crippen LogP contribution in [0.4, 0.5) is 11.6 Å². The summed E-state index contributed by atoms with van der Waals surface area (Å²) >= 11 is 3.49. The van der Waals surface area contributed by atoms with Gasteiger partial charge in [-0.2, -0.15) is 0 Å². The first-order valence-electron chi connectivity index (χ1n) is 6.16. The molecule has 20 heavy (non-hydrogen) atoms. The molecular weight excluding hydrogens is 318 g/mol. The normalized spacial score (nSPS) is 10.7. The summed E-state index contributed by atoms with van der Waals surface area (Å²) in [6.45, 7) is 2.02. The number of aromatic amines is 1. The quantitative estimate of drug-likeness (QED) is 0.753. The molecule has 0 atom stereocenters. The predicted molar refractivity (Wildman–Crippen MR) is 84.5 cm³/mol. The van der Waals surface area contributed by atoms with Crippen LogP contribution in [0.1, 0.15) is 5.56 Å². The Labute approximate surface area is 124 Å². The molecular formula is C15H12BrN3O. The first-order chi connectivity index (χ1) is 9.63. The number of benzene rings is 2. The van der Waals surface area contributed by atoms with Gasteiger partial charge in [-0.15, -0.1) is 0 Å². The maximum absolute atomic E-state index is 12.0. The van der Waals surface area contributed by atoms with Crippen molar-refractivity contribution in [1.82, 2.24) is 9.97 Å². The monoisotopic (exact) mass is 329 g/mol. The van der Waals surface area contributed by atoms with E-state index in [1.807, 2.05) is 43.3 Å². The van der Waals surface area contributed by atoms with Crippen LogP contribution >= 0.6 is 15.9 Å². The van der Waals surface area contributed by atoms with Crippen molar-refractivity contribution in [3.8, 4) is 0 Å². The number of H-pyrrole nitrogens is 1. The molecule has 5 heteroatoms. The summed E-state index contributed by atoms with van der Waals surface area (Å²) in [7, 11) is 0. The maximum Gasteiger partial charge on any atom is 0.260 e. The van der Waals surface area contributed by atoms with Gasteiger partial charge in [0, 0.05) is 4.47 Å². The molecule has 0 aliphatic heterocycles. The summed E-state index contributed by atoms with van der Waals surface area (Å²) in [6, 6.07) is 13.2. The topological polar surface area (TPSA) is 57.8 Å². The lowest BCUT2D eigenvalue weighted by atomic mass is 10.2. The molecule has 2 aromatic carbocycles. The molecule has 0 saturated heterocycles. The van der Waals surface area contributed by atoms with Crippen LogP contribution in [0.25, 0.3) is 10.9 Å². The minimum absolute atomic E-state index is 0.152. The Kier molecular flexibility index (Phi) is 3.28. The Hall–Kier alpha value is -2.14.